The first-order chi connectivity index (χ1) is 14.2. The lowest BCUT2D eigenvalue weighted by molar-refractivity contribution is -0.148. The Balaban J connectivity index is 3.28. The van der Waals surface area contributed by atoms with Crippen LogP contribution in [0.5, 0.6) is 0 Å². The Bertz CT molecular complexity index is 326. The lowest BCUT2D eigenvalue weighted by atomic mass is 10.0. The van der Waals surface area contributed by atoms with Gasteiger partial charge in [-0.1, -0.05) is 129 Å². The molecule has 29 heavy (non-hydrogen) atoms. The number of hydrogen-bond donors (Lipinski definition) is 0. The lowest BCUT2D eigenvalue weighted by Gasteiger charge is -2.13. The van der Waals surface area contributed by atoms with Crippen LogP contribution in [0, 0.1) is 0 Å². The lowest BCUT2D eigenvalue weighted by Crippen LogP contribution is -2.14. The second-order valence-corrected chi connectivity index (χ2v) is 9.20. The minimum atomic E-state index is 0.0171. The van der Waals surface area contributed by atoms with Crippen molar-refractivity contribution >= 4 is 5.97 Å². The molecule has 0 radical (unpaired) electrons. The summed E-state index contributed by atoms with van der Waals surface area (Å²) in [5.41, 5.74) is 0. The molecule has 0 aromatic rings. The molecule has 0 fully saturated rings. The van der Waals surface area contributed by atoms with Crippen LogP contribution < -0.4 is 0 Å². The zero-order valence-electron chi connectivity index (χ0n) is 20.5. The van der Waals surface area contributed by atoms with Gasteiger partial charge in [-0.05, 0) is 26.2 Å². The first-order valence-corrected chi connectivity index (χ1v) is 13.4. The minimum absolute atomic E-state index is 0.0171. The average molecular weight is 411 g/mol. The smallest absolute Gasteiger partial charge is 0.306 e. The zero-order valence-corrected chi connectivity index (χ0v) is 20.5. The van der Waals surface area contributed by atoms with Gasteiger partial charge in [-0.25, -0.2) is 0 Å². The molecule has 0 rings (SSSR count). The van der Waals surface area contributed by atoms with Gasteiger partial charge in [0.25, 0.3) is 0 Å². The summed E-state index contributed by atoms with van der Waals surface area (Å²) in [5.74, 6) is 0.0171. The third-order valence-corrected chi connectivity index (χ3v) is 6.03. The highest BCUT2D eigenvalue weighted by molar-refractivity contribution is 5.69. The monoisotopic (exact) mass is 410 g/mol. The quantitative estimate of drug-likeness (QED) is 0.124. The van der Waals surface area contributed by atoms with Gasteiger partial charge in [0, 0.05) is 6.42 Å². The van der Waals surface area contributed by atoms with E-state index in [-0.39, 0.29) is 12.1 Å². The van der Waals surface area contributed by atoms with Crippen LogP contribution in [0.2, 0.25) is 0 Å². The average Bonchev–Trinajstić information content (AvgIpc) is 2.70. The van der Waals surface area contributed by atoms with E-state index >= 15 is 0 Å². The molecule has 2 nitrogen and oxygen atoms in total. The molecular weight excluding hydrogens is 356 g/mol. The highest BCUT2D eigenvalue weighted by atomic mass is 16.5. The fourth-order valence-electron chi connectivity index (χ4n) is 4.02. The van der Waals surface area contributed by atoms with E-state index in [0.29, 0.717) is 6.42 Å². The number of esters is 1. The standard InChI is InChI=1S/C27H54O2/c1-4-6-8-10-12-13-14-15-16-17-19-21-23-25-27(28)29-26(3)24-22-20-18-11-9-7-5-2/h26H,4-25H2,1-3H3. The summed E-state index contributed by atoms with van der Waals surface area (Å²) < 4.78 is 5.56. The summed E-state index contributed by atoms with van der Waals surface area (Å²) in [4.78, 5) is 11.9. The summed E-state index contributed by atoms with van der Waals surface area (Å²) in [7, 11) is 0. The van der Waals surface area contributed by atoms with Crippen LogP contribution in [0.25, 0.3) is 0 Å². The van der Waals surface area contributed by atoms with Gasteiger partial charge in [-0.2, -0.15) is 0 Å². The largest absolute Gasteiger partial charge is 0.463 e. The number of rotatable bonds is 23. The normalized spacial score (nSPS) is 12.2. The van der Waals surface area contributed by atoms with E-state index in [2.05, 4.69) is 20.8 Å². The predicted molar refractivity (Wildman–Crippen MR) is 128 cm³/mol. The van der Waals surface area contributed by atoms with Gasteiger partial charge in [0.2, 0.25) is 0 Å². The van der Waals surface area contributed by atoms with Gasteiger partial charge in [-0.15, -0.1) is 0 Å². The van der Waals surface area contributed by atoms with Gasteiger partial charge >= 0.3 is 5.97 Å². The van der Waals surface area contributed by atoms with E-state index in [1.165, 1.54) is 122 Å². The fourth-order valence-corrected chi connectivity index (χ4v) is 4.02. The number of hydrogen-bond acceptors (Lipinski definition) is 2. The third kappa shape index (κ3) is 23.6. The molecule has 0 bridgehead atoms. The van der Waals surface area contributed by atoms with E-state index in [9.17, 15) is 4.79 Å². The molecule has 2 heteroatoms. The van der Waals surface area contributed by atoms with E-state index in [1.54, 1.807) is 0 Å². The van der Waals surface area contributed by atoms with Crippen molar-refractivity contribution < 1.29 is 9.53 Å². The molecule has 0 heterocycles. The molecule has 0 aromatic heterocycles. The summed E-state index contributed by atoms with van der Waals surface area (Å²) in [6.07, 6.45) is 28.4. The second-order valence-electron chi connectivity index (χ2n) is 9.20. The molecule has 0 aliphatic heterocycles. The molecular formula is C27H54O2. The maximum Gasteiger partial charge on any atom is 0.306 e. The Morgan fingerprint density at radius 2 is 0.897 bits per heavy atom. The molecule has 0 N–H and O–H groups in total. The molecule has 174 valence electrons. The fraction of sp³-hybridized carbons (Fsp3) is 0.963. The van der Waals surface area contributed by atoms with Gasteiger partial charge in [0.15, 0.2) is 0 Å². The molecule has 0 saturated heterocycles. The van der Waals surface area contributed by atoms with Crippen LogP contribution in [0.4, 0.5) is 0 Å². The van der Waals surface area contributed by atoms with Gasteiger partial charge in [0.1, 0.15) is 0 Å². The van der Waals surface area contributed by atoms with Crippen molar-refractivity contribution in [2.24, 2.45) is 0 Å². The van der Waals surface area contributed by atoms with Gasteiger partial charge in [-0.3, -0.25) is 4.79 Å². The van der Waals surface area contributed by atoms with Crippen molar-refractivity contribution in [2.75, 3.05) is 0 Å². The number of carbonyl (C=O) groups is 1. The Morgan fingerprint density at radius 3 is 1.31 bits per heavy atom. The first-order valence-electron chi connectivity index (χ1n) is 13.4. The summed E-state index contributed by atoms with van der Waals surface area (Å²) in [6.45, 7) is 6.59. The van der Waals surface area contributed by atoms with E-state index in [4.69, 9.17) is 4.74 Å². The number of unbranched alkanes of at least 4 members (excludes halogenated alkanes) is 18. The Morgan fingerprint density at radius 1 is 0.552 bits per heavy atom. The molecule has 0 amide bonds. The second kappa shape index (κ2) is 23.7. The van der Waals surface area contributed by atoms with Crippen molar-refractivity contribution in [2.45, 2.75) is 168 Å². The van der Waals surface area contributed by atoms with Crippen LogP contribution >= 0.6 is 0 Å². The number of carbonyl (C=O) groups excluding carboxylic acids is 1. The van der Waals surface area contributed by atoms with Gasteiger partial charge in [0.05, 0.1) is 6.10 Å². The maximum absolute atomic E-state index is 11.9. The predicted octanol–water partition coefficient (Wildman–Crippen LogP) is 9.54. The molecule has 1 atom stereocenters. The number of ether oxygens (including phenoxy) is 1. The zero-order chi connectivity index (χ0) is 21.4. The van der Waals surface area contributed by atoms with Crippen LogP contribution in [0.3, 0.4) is 0 Å². The Labute approximate surface area is 184 Å². The Hall–Kier alpha value is -0.530. The van der Waals surface area contributed by atoms with Crippen LogP contribution in [0.1, 0.15) is 162 Å². The summed E-state index contributed by atoms with van der Waals surface area (Å²) >= 11 is 0. The van der Waals surface area contributed by atoms with Gasteiger partial charge < -0.3 is 4.74 Å². The van der Waals surface area contributed by atoms with E-state index < -0.39 is 0 Å². The topological polar surface area (TPSA) is 26.3 Å². The molecule has 0 aliphatic rings. The molecule has 1 unspecified atom stereocenters. The van der Waals surface area contributed by atoms with Crippen molar-refractivity contribution in [3.05, 3.63) is 0 Å². The maximum atomic E-state index is 11.9. The van der Waals surface area contributed by atoms with Crippen molar-refractivity contribution in [3.8, 4) is 0 Å². The van der Waals surface area contributed by atoms with Crippen LogP contribution in [-0.4, -0.2) is 12.1 Å². The summed E-state index contributed by atoms with van der Waals surface area (Å²) in [6, 6.07) is 0. The third-order valence-electron chi connectivity index (χ3n) is 6.03. The molecule has 0 aliphatic carbocycles. The van der Waals surface area contributed by atoms with Crippen LogP contribution in [-0.2, 0) is 9.53 Å². The summed E-state index contributed by atoms with van der Waals surface area (Å²) in [5, 5.41) is 0. The SMILES string of the molecule is CCCCCCCCCCCCCCCC(=O)OC(C)CCCCCCCCC. The molecule has 0 spiro atoms. The van der Waals surface area contributed by atoms with Crippen LogP contribution in [0.15, 0.2) is 0 Å². The molecule has 0 aromatic carbocycles. The highest BCUT2D eigenvalue weighted by Crippen LogP contribution is 2.14. The first kappa shape index (κ1) is 28.5. The molecule has 0 saturated carbocycles. The van der Waals surface area contributed by atoms with E-state index in [1.807, 2.05) is 0 Å². The highest BCUT2D eigenvalue weighted by Gasteiger charge is 2.09. The van der Waals surface area contributed by atoms with E-state index in [0.717, 1.165) is 12.8 Å². The van der Waals surface area contributed by atoms with Crippen molar-refractivity contribution in [3.63, 3.8) is 0 Å². The van der Waals surface area contributed by atoms with Crippen molar-refractivity contribution in [1.29, 1.82) is 0 Å². The Kier molecular flexibility index (Phi) is 23.3. The minimum Gasteiger partial charge on any atom is -0.463 e. The van der Waals surface area contributed by atoms with Crippen molar-refractivity contribution in [1.82, 2.24) is 0 Å².